The molecule has 2 aromatic rings. The summed E-state index contributed by atoms with van der Waals surface area (Å²) in [7, 11) is 4.00. The molecule has 4 aliphatic rings. The molecule has 0 saturated heterocycles. The Labute approximate surface area is 228 Å². The second-order valence-electron chi connectivity index (χ2n) is 13.0. The normalized spacial score (nSPS) is 36.0. The highest BCUT2D eigenvalue weighted by molar-refractivity contribution is 5.89. The van der Waals surface area contributed by atoms with Crippen LogP contribution in [-0.4, -0.2) is 41.8 Å². The minimum absolute atomic E-state index is 0.0355. The summed E-state index contributed by atoms with van der Waals surface area (Å²) < 4.78 is 0. The van der Waals surface area contributed by atoms with Crippen molar-refractivity contribution in [3.63, 3.8) is 0 Å². The van der Waals surface area contributed by atoms with E-state index in [0.717, 1.165) is 43.2 Å². The molecule has 1 aliphatic heterocycles. The van der Waals surface area contributed by atoms with Crippen molar-refractivity contribution in [2.24, 2.45) is 34.5 Å². The van der Waals surface area contributed by atoms with Crippen molar-refractivity contribution in [1.29, 1.82) is 0 Å². The zero-order valence-electron chi connectivity index (χ0n) is 23.3. The van der Waals surface area contributed by atoms with Crippen molar-refractivity contribution in [2.45, 2.75) is 64.5 Å². The number of hydrogen-bond donors (Lipinski definition) is 0. The van der Waals surface area contributed by atoms with Gasteiger partial charge < -0.3 is 9.80 Å². The summed E-state index contributed by atoms with van der Waals surface area (Å²) in [6, 6.07) is 21.1. The molecular formula is C34H42N2O2. The average Bonchev–Trinajstić information content (AvgIpc) is 3.29. The van der Waals surface area contributed by atoms with E-state index in [0.29, 0.717) is 29.7 Å². The van der Waals surface area contributed by atoms with Crippen LogP contribution in [0.1, 0.15) is 69.5 Å². The van der Waals surface area contributed by atoms with E-state index in [9.17, 15) is 9.59 Å². The fraction of sp³-hybridized carbons (Fsp3) is 0.529. The largest absolute Gasteiger partial charge is 0.338 e. The molecule has 4 heteroatoms. The lowest BCUT2D eigenvalue weighted by atomic mass is 9.47. The molecule has 0 aromatic heterocycles. The minimum atomic E-state index is -0.0845. The first kappa shape index (κ1) is 25.4. The number of carbonyl (C=O) groups is 2. The molecule has 38 heavy (non-hydrogen) atoms. The molecule has 0 spiro atoms. The van der Waals surface area contributed by atoms with Gasteiger partial charge in [0, 0.05) is 31.5 Å². The van der Waals surface area contributed by atoms with Crippen molar-refractivity contribution in [3.8, 4) is 0 Å². The van der Waals surface area contributed by atoms with Crippen LogP contribution >= 0.6 is 0 Å². The number of benzene rings is 2. The fourth-order valence-electron chi connectivity index (χ4n) is 9.43. The maximum absolute atomic E-state index is 14.4. The lowest BCUT2D eigenvalue weighted by Gasteiger charge is -2.60. The Hall–Kier alpha value is -2.88. The van der Waals surface area contributed by atoms with Crippen molar-refractivity contribution in [3.05, 3.63) is 83.9 Å². The molecule has 2 aromatic carbocycles. The van der Waals surface area contributed by atoms with Crippen molar-refractivity contribution >= 4 is 11.8 Å². The average molecular weight is 511 g/mol. The number of likely N-dealkylation sites (N-methyl/N-ethyl adjacent to an activating group) is 1. The molecule has 0 bridgehead atoms. The number of nitrogens with zero attached hydrogens (tertiary/aromatic N) is 2. The van der Waals surface area contributed by atoms with Crippen LogP contribution in [-0.2, 0) is 9.59 Å². The molecule has 200 valence electrons. The van der Waals surface area contributed by atoms with Crippen LogP contribution < -0.4 is 0 Å². The van der Waals surface area contributed by atoms with E-state index in [1.54, 1.807) is 0 Å². The quantitative estimate of drug-likeness (QED) is 0.472. The van der Waals surface area contributed by atoms with Gasteiger partial charge in [-0.3, -0.25) is 9.59 Å². The van der Waals surface area contributed by atoms with Gasteiger partial charge in [-0.2, -0.15) is 0 Å². The third-order valence-corrected chi connectivity index (χ3v) is 11.4. The Morgan fingerprint density at radius 2 is 1.53 bits per heavy atom. The smallest absolute Gasteiger partial charge is 0.246 e. The maximum atomic E-state index is 14.4. The molecule has 6 rings (SSSR count). The number of rotatable bonds is 4. The first-order chi connectivity index (χ1) is 18.3. The molecule has 2 amide bonds. The van der Waals surface area contributed by atoms with Gasteiger partial charge in [-0.25, -0.2) is 0 Å². The highest BCUT2D eigenvalue weighted by Gasteiger charge is 2.61. The molecule has 3 saturated carbocycles. The lowest BCUT2D eigenvalue weighted by Crippen LogP contribution is -2.60. The van der Waals surface area contributed by atoms with E-state index in [2.05, 4.69) is 68.5 Å². The van der Waals surface area contributed by atoms with E-state index >= 15 is 0 Å². The van der Waals surface area contributed by atoms with Gasteiger partial charge in [0.2, 0.25) is 11.8 Å². The SMILES string of the molecule is CN(C(=O)[C@H]1CC[C@H]2[C@@H]3CC[C@H]4N(C)C(=O)C=C[C@]4(C)[C@H]3CC[C@]12C)C(c1ccccc1)c1ccccc1. The molecular weight excluding hydrogens is 468 g/mol. The van der Waals surface area contributed by atoms with Gasteiger partial charge in [0.1, 0.15) is 0 Å². The lowest BCUT2D eigenvalue weighted by molar-refractivity contribution is -0.147. The van der Waals surface area contributed by atoms with Gasteiger partial charge in [0.05, 0.1) is 6.04 Å². The second-order valence-corrected chi connectivity index (χ2v) is 13.0. The van der Waals surface area contributed by atoms with Gasteiger partial charge in [0.15, 0.2) is 0 Å². The van der Waals surface area contributed by atoms with Crippen LogP contribution in [0.3, 0.4) is 0 Å². The third-order valence-electron chi connectivity index (χ3n) is 11.4. The predicted molar refractivity (Wildman–Crippen MR) is 151 cm³/mol. The zero-order chi connectivity index (χ0) is 26.7. The fourth-order valence-corrected chi connectivity index (χ4v) is 9.43. The Balaban J connectivity index is 1.28. The Morgan fingerprint density at radius 3 is 2.16 bits per heavy atom. The standard InChI is InChI=1S/C34H42N2O2/c1-33-21-19-27-25(15-18-29-34(27,2)22-20-30(37)35(29)3)26(33)16-17-28(33)32(38)36(4)31(23-11-7-5-8-12-23)24-13-9-6-10-14-24/h5-14,20,22,25-29,31H,15-19,21H2,1-4H3/t25-,26-,27-,28+,29+,33-,34+/m0/s1. The first-order valence-electron chi connectivity index (χ1n) is 14.6. The number of amides is 2. The van der Waals surface area contributed by atoms with E-state index in [-0.39, 0.29) is 28.7 Å². The molecule has 1 heterocycles. The molecule has 7 atom stereocenters. The van der Waals surface area contributed by atoms with E-state index in [1.165, 1.54) is 6.42 Å². The van der Waals surface area contributed by atoms with Crippen LogP contribution in [0, 0.1) is 34.5 Å². The molecule has 0 radical (unpaired) electrons. The molecule has 0 N–H and O–H groups in total. The monoisotopic (exact) mass is 510 g/mol. The molecule has 3 fully saturated rings. The Morgan fingerprint density at radius 1 is 0.895 bits per heavy atom. The van der Waals surface area contributed by atoms with Gasteiger partial charge in [-0.1, -0.05) is 80.6 Å². The van der Waals surface area contributed by atoms with Crippen LogP contribution in [0.25, 0.3) is 0 Å². The Kier molecular flexibility index (Phi) is 6.28. The van der Waals surface area contributed by atoms with Crippen molar-refractivity contribution < 1.29 is 9.59 Å². The topological polar surface area (TPSA) is 40.6 Å². The Bertz CT molecular complexity index is 1190. The highest BCUT2D eigenvalue weighted by atomic mass is 16.2. The van der Waals surface area contributed by atoms with Gasteiger partial charge in [0.25, 0.3) is 0 Å². The van der Waals surface area contributed by atoms with Crippen LogP contribution in [0.15, 0.2) is 72.8 Å². The highest BCUT2D eigenvalue weighted by Crippen LogP contribution is 2.65. The summed E-state index contributed by atoms with van der Waals surface area (Å²) in [5, 5.41) is 0. The van der Waals surface area contributed by atoms with Gasteiger partial charge >= 0.3 is 0 Å². The first-order valence-corrected chi connectivity index (χ1v) is 14.6. The summed E-state index contributed by atoms with van der Waals surface area (Å²) in [5.74, 6) is 2.29. The van der Waals surface area contributed by atoms with Crippen LogP contribution in [0.2, 0.25) is 0 Å². The predicted octanol–water partition coefficient (Wildman–Crippen LogP) is 6.49. The number of carbonyl (C=O) groups excluding carboxylic acids is 2. The molecule has 3 aliphatic carbocycles. The number of fused-ring (bicyclic) bond motifs is 5. The van der Waals surface area contributed by atoms with E-state index in [1.807, 2.05) is 42.1 Å². The minimum Gasteiger partial charge on any atom is -0.338 e. The van der Waals surface area contributed by atoms with Gasteiger partial charge in [-0.15, -0.1) is 0 Å². The molecule has 0 unspecified atom stereocenters. The zero-order valence-corrected chi connectivity index (χ0v) is 23.3. The van der Waals surface area contributed by atoms with E-state index < -0.39 is 0 Å². The van der Waals surface area contributed by atoms with E-state index in [4.69, 9.17) is 0 Å². The summed E-state index contributed by atoms with van der Waals surface area (Å²) >= 11 is 0. The molecule has 4 nitrogen and oxygen atoms in total. The summed E-state index contributed by atoms with van der Waals surface area (Å²) in [6.07, 6.45) is 10.7. The number of hydrogen-bond acceptors (Lipinski definition) is 2. The van der Waals surface area contributed by atoms with Crippen LogP contribution in [0.5, 0.6) is 0 Å². The maximum Gasteiger partial charge on any atom is 0.246 e. The summed E-state index contributed by atoms with van der Waals surface area (Å²) in [6.45, 7) is 4.82. The van der Waals surface area contributed by atoms with Gasteiger partial charge in [-0.05, 0) is 78.9 Å². The summed E-state index contributed by atoms with van der Waals surface area (Å²) in [4.78, 5) is 30.9. The van der Waals surface area contributed by atoms with Crippen molar-refractivity contribution in [1.82, 2.24) is 9.80 Å². The summed E-state index contributed by atoms with van der Waals surface area (Å²) in [5.41, 5.74) is 2.39. The van der Waals surface area contributed by atoms with Crippen molar-refractivity contribution in [2.75, 3.05) is 14.1 Å². The van der Waals surface area contributed by atoms with Crippen LogP contribution in [0.4, 0.5) is 0 Å². The second kappa shape index (κ2) is 9.39. The third kappa shape index (κ3) is 3.78.